The first-order chi connectivity index (χ1) is 13.8. The van der Waals surface area contributed by atoms with Gasteiger partial charge in [0.25, 0.3) is 0 Å². The van der Waals surface area contributed by atoms with Crippen molar-refractivity contribution in [2.75, 3.05) is 20.2 Å². The van der Waals surface area contributed by atoms with Gasteiger partial charge in [0.2, 0.25) is 0 Å². The fourth-order valence-corrected chi connectivity index (χ4v) is 2.79. The van der Waals surface area contributed by atoms with E-state index >= 15 is 0 Å². The van der Waals surface area contributed by atoms with Gasteiger partial charge in [0.15, 0.2) is 5.96 Å². The zero-order valence-electron chi connectivity index (χ0n) is 16.8. The molecule has 29 heavy (non-hydrogen) atoms. The molecule has 0 unspecified atom stereocenters. The van der Waals surface area contributed by atoms with Gasteiger partial charge in [-0.1, -0.05) is 30.3 Å². The lowest BCUT2D eigenvalue weighted by Gasteiger charge is -2.11. The highest BCUT2D eigenvalue weighted by atomic mass is 127. The van der Waals surface area contributed by atoms with Crippen molar-refractivity contribution in [1.82, 2.24) is 20.4 Å². The molecule has 0 saturated carbocycles. The van der Waals surface area contributed by atoms with Crippen LogP contribution in [0.25, 0.3) is 5.69 Å². The molecule has 0 aliphatic rings. The van der Waals surface area contributed by atoms with E-state index in [1.165, 1.54) is 5.56 Å². The van der Waals surface area contributed by atoms with E-state index in [0.29, 0.717) is 6.54 Å². The van der Waals surface area contributed by atoms with Gasteiger partial charge in [0.05, 0.1) is 25.5 Å². The van der Waals surface area contributed by atoms with Gasteiger partial charge in [-0.25, -0.2) is 9.67 Å². The van der Waals surface area contributed by atoms with E-state index in [1.807, 2.05) is 59.5 Å². The lowest BCUT2D eigenvalue weighted by atomic mass is 10.1. The molecule has 0 aliphatic heterocycles. The third-order valence-corrected chi connectivity index (χ3v) is 4.29. The van der Waals surface area contributed by atoms with Crippen molar-refractivity contribution in [3.8, 4) is 11.4 Å². The normalized spacial score (nSPS) is 10.9. The second-order valence-electron chi connectivity index (χ2n) is 6.35. The SMILES string of the molecule is CCNC(=NCc1cnn(-c2ccccc2)c1)NCCc1ccc(OC)cc1.I. The van der Waals surface area contributed by atoms with Gasteiger partial charge < -0.3 is 15.4 Å². The first kappa shape index (κ1) is 22.7. The number of hydrogen-bond donors (Lipinski definition) is 2. The van der Waals surface area contributed by atoms with Gasteiger partial charge in [-0.15, -0.1) is 24.0 Å². The number of halogens is 1. The van der Waals surface area contributed by atoms with Crippen molar-refractivity contribution < 1.29 is 4.74 Å². The molecule has 2 N–H and O–H groups in total. The molecule has 0 saturated heterocycles. The minimum absolute atomic E-state index is 0. The predicted molar refractivity (Wildman–Crippen MR) is 128 cm³/mol. The Morgan fingerprint density at radius 1 is 1.03 bits per heavy atom. The minimum atomic E-state index is 0. The molecule has 0 aliphatic carbocycles. The lowest BCUT2D eigenvalue weighted by Crippen LogP contribution is -2.38. The summed E-state index contributed by atoms with van der Waals surface area (Å²) in [7, 11) is 1.68. The number of hydrogen-bond acceptors (Lipinski definition) is 3. The Morgan fingerprint density at radius 2 is 1.79 bits per heavy atom. The molecule has 1 heterocycles. The third kappa shape index (κ3) is 7.08. The first-order valence-corrected chi connectivity index (χ1v) is 9.52. The molecule has 0 bridgehead atoms. The number of aliphatic imine (C=N–C) groups is 1. The molecule has 1 aromatic heterocycles. The number of aromatic nitrogens is 2. The Balaban J connectivity index is 0.00000300. The van der Waals surface area contributed by atoms with Gasteiger partial charge in [0.1, 0.15) is 5.75 Å². The Morgan fingerprint density at radius 3 is 2.48 bits per heavy atom. The number of rotatable bonds is 8. The van der Waals surface area contributed by atoms with Crippen LogP contribution >= 0.6 is 24.0 Å². The Labute approximate surface area is 189 Å². The molecule has 0 fully saturated rings. The second kappa shape index (κ2) is 12.1. The molecule has 6 nitrogen and oxygen atoms in total. The van der Waals surface area contributed by atoms with E-state index in [-0.39, 0.29) is 24.0 Å². The van der Waals surface area contributed by atoms with Crippen LogP contribution in [0.5, 0.6) is 5.75 Å². The van der Waals surface area contributed by atoms with E-state index < -0.39 is 0 Å². The Bertz CT molecular complexity index is 878. The van der Waals surface area contributed by atoms with Crippen LogP contribution in [0.4, 0.5) is 0 Å². The zero-order valence-corrected chi connectivity index (χ0v) is 19.2. The molecule has 0 spiro atoms. The molecule has 7 heteroatoms. The van der Waals surface area contributed by atoms with Crippen molar-refractivity contribution in [2.24, 2.45) is 4.99 Å². The van der Waals surface area contributed by atoms with Gasteiger partial charge in [-0.2, -0.15) is 5.10 Å². The summed E-state index contributed by atoms with van der Waals surface area (Å²) in [6.07, 6.45) is 4.79. The molecule has 3 rings (SSSR count). The maximum absolute atomic E-state index is 5.20. The molecule has 154 valence electrons. The number of ether oxygens (including phenoxy) is 1. The maximum atomic E-state index is 5.20. The fraction of sp³-hybridized carbons (Fsp3) is 0.273. The highest BCUT2D eigenvalue weighted by molar-refractivity contribution is 14.0. The molecule has 0 atom stereocenters. The smallest absolute Gasteiger partial charge is 0.191 e. The average molecular weight is 505 g/mol. The number of para-hydroxylation sites is 1. The van der Waals surface area contributed by atoms with Crippen LogP contribution in [-0.2, 0) is 13.0 Å². The number of benzene rings is 2. The summed E-state index contributed by atoms with van der Waals surface area (Å²) in [5.41, 5.74) is 3.37. The van der Waals surface area contributed by atoms with E-state index in [9.17, 15) is 0 Å². The maximum Gasteiger partial charge on any atom is 0.191 e. The summed E-state index contributed by atoms with van der Waals surface area (Å²) in [5, 5.41) is 11.1. The summed E-state index contributed by atoms with van der Waals surface area (Å²) in [6.45, 7) is 4.26. The summed E-state index contributed by atoms with van der Waals surface area (Å²) in [5.74, 6) is 1.69. The summed E-state index contributed by atoms with van der Waals surface area (Å²) in [4.78, 5) is 4.67. The Hall–Kier alpha value is -2.55. The van der Waals surface area contributed by atoms with Crippen molar-refractivity contribution in [1.29, 1.82) is 0 Å². The number of nitrogens with zero attached hydrogens (tertiary/aromatic N) is 3. The van der Waals surface area contributed by atoms with Crippen molar-refractivity contribution >= 4 is 29.9 Å². The van der Waals surface area contributed by atoms with Gasteiger partial charge >= 0.3 is 0 Å². The van der Waals surface area contributed by atoms with Crippen molar-refractivity contribution in [3.05, 3.63) is 78.1 Å². The molecular weight excluding hydrogens is 477 g/mol. The predicted octanol–water partition coefficient (Wildman–Crippen LogP) is 3.80. The van der Waals surface area contributed by atoms with Crippen LogP contribution in [-0.4, -0.2) is 35.9 Å². The van der Waals surface area contributed by atoms with Crippen LogP contribution < -0.4 is 15.4 Å². The summed E-state index contributed by atoms with van der Waals surface area (Å²) in [6, 6.07) is 18.2. The molecule has 2 aromatic carbocycles. The van der Waals surface area contributed by atoms with Crippen LogP contribution in [0, 0.1) is 0 Å². The molecule has 0 amide bonds. The van der Waals surface area contributed by atoms with Crippen LogP contribution in [0.3, 0.4) is 0 Å². The standard InChI is InChI=1S/C22H27N5O.HI/c1-3-23-22(24-14-13-18-9-11-21(28-2)12-10-18)25-15-19-16-26-27(17-19)20-7-5-4-6-8-20;/h4-12,16-17H,3,13-15H2,1-2H3,(H2,23,24,25);1H. The van der Waals surface area contributed by atoms with Crippen LogP contribution in [0.2, 0.25) is 0 Å². The highest BCUT2D eigenvalue weighted by Gasteiger charge is 2.02. The quantitative estimate of drug-likeness (QED) is 0.278. The number of guanidine groups is 1. The average Bonchev–Trinajstić information content (AvgIpc) is 3.22. The van der Waals surface area contributed by atoms with Crippen LogP contribution in [0.15, 0.2) is 72.0 Å². The van der Waals surface area contributed by atoms with Gasteiger partial charge in [-0.3, -0.25) is 0 Å². The third-order valence-electron chi connectivity index (χ3n) is 4.29. The van der Waals surface area contributed by atoms with E-state index in [0.717, 1.165) is 42.5 Å². The summed E-state index contributed by atoms with van der Waals surface area (Å²) >= 11 is 0. The van der Waals surface area contributed by atoms with E-state index in [2.05, 4.69) is 39.8 Å². The van der Waals surface area contributed by atoms with E-state index in [4.69, 9.17) is 4.74 Å². The second-order valence-corrected chi connectivity index (χ2v) is 6.35. The Kier molecular flexibility index (Phi) is 9.49. The monoisotopic (exact) mass is 505 g/mol. The molecule has 0 radical (unpaired) electrons. The van der Waals surface area contributed by atoms with Gasteiger partial charge in [0, 0.05) is 24.8 Å². The molecule has 3 aromatic rings. The highest BCUT2D eigenvalue weighted by Crippen LogP contribution is 2.11. The van der Waals surface area contributed by atoms with Crippen molar-refractivity contribution in [2.45, 2.75) is 19.9 Å². The van der Waals surface area contributed by atoms with Crippen LogP contribution in [0.1, 0.15) is 18.1 Å². The van der Waals surface area contributed by atoms with Gasteiger partial charge in [-0.05, 0) is 43.2 Å². The van der Waals surface area contributed by atoms with Crippen molar-refractivity contribution in [3.63, 3.8) is 0 Å². The first-order valence-electron chi connectivity index (χ1n) is 9.52. The minimum Gasteiger partial charge on any atom is -0.497 e. The fourth-order valence-electron chi connectivity index (χ4n) is 2.79. The summed E-state index contributed by atoms with van der Waals surface area (Å²) < 4.78 is 7.07. The zero-order chi connectivity index (χ0) is 19.6. The number of methoxy groups -OCH3 is 1. The molecular formula is C22H28IN5O. The topological polar surface area (TPSA) is 63.5 Å². The largest absolute Gasteiger partial charge is 0.497 e. The lowest BCUT2D eigenvalue weighted by molar-refractivity contribution is 0.414. The van der Waals surface area contributed by atoms with E-state index in [1.54, 1.807) is 7.11 Å². The number of nitrogens with one attached hydrogen (secondary N) is 2.